The minimum absolute atomic E-state index is 0.108. The maximum Gasteiger partial charge on any atom is 0.472 e. The van der Waals surface area contributed by atoms with Gasteiger partial charge in [-0.25, -0.2) is 9.13 Å². The van der Waals surface area contributed by atoms with Crippen LogP contribution in [-0.4, -0.2) is 96.7 Å². The van der Waals surface area contributed by atoms with Gasteiger partial charge < -0.3 is 33.8 Å². The van der Waals surface area contributed by atoms with Gasteiger partial charge in [0.25, 0.3) is 0 Å². The second-order valence-corrected chi connectivity index (χ2v) is 28.5. The summed E-state index contributed by atoms with van der Waals surface area (Å²) in [6, 6.07) is 0. The predicted octanol–water partition coefficient (Wildman–Crippen LogP) is 20.7. The molecule has 0 aromatic carbocycles. The van der Waals surface area contributed by atoms with E-state index in [1.165, 1.54) is 193 Å². The van der Waals surface area contributed by atoms with Crippen molar-refractivity contribution in [1.82, 2.24) is 0 Å². The van der Waals surface area contributed by atoms with E-state index in [-0.39, 0.29) is 25.7 Å². The third-order valence-corrected chi connectivity index (χ3v) is 18.5. The minimum Gasteiger partial charge on any atom is -0.462 e. The number of esters is 4. The van der Waals surface area contributed by atoms with Crippen molar-refractivity contribution in [2.24, 2.45) is 0 Å². The third kappa shape index (κ3) is 64.8. The van der Waals surface area contributed by atoms with Crippen molar-refractivity contribution in [1.29, 1.82) is 0 Å². The highest BCUT2D eigenvalue weighted by Gasteiger charge is 2.30. The lowest BCUT2D eigenvalue weighted by Crippen LogP contribution is -2.30. The van der Waals surface area contributed by atoms with Crippen molar-refractivity contribution in [2.75, 3.05) is 39.6 Å². The lowest BCUT2D eigenvalue weighted by Gasteiger charge is -2.21. The number of aliphatic hydroxyl groups excluding tert-OH is 1. The number of hydrogen-bond donors (Lipinski definition) is 3. The Bertz CT molecular complexity index is 1720. The monoisotopic (exact) mass is 1320 g/mol. The smallest absolute Gasteiger partial charge is 0.462 e. The van der Waals surface area contributed by atoms with E-state index in [0.29, 0.717) is 25.7 Å². The highest BCUT2D eigenvalue weighted by molar-refractivity contribution is 7.47. The molecule has 90 heavy (non-hydrogen) atoms. The maximum absolute atomic E-state index is 13.0. The van der Waals surface area contributed by atoms with Gasteiger partial charge in [-0.1, -0.05) is 323 Å². The van der Waals surface area contributed by atoms with E-state index in [0.717, 1.165) is 103 Å². The van der Waals surface area contributed by atoms with Gasteiger partial charge >= 0.3 is 39.5 Å². The Kier molecular flexibility index (Phi) is 64.3. The fourth-order valence-electron chi connectivity index (χ4n) is 10.9. The summed E-state index contributed by atoms with van der Waals surface area (Å²) in [5.74, 6) is -2.12. The van der Waals surface area contributed by atoms with Crippen molar-refractivity contribution in [3.63, 3.8) is 0 Å². The van der Waals surface area contributed by atoms with Gasteiger partial charge in [-0.15, -0.1) is 0 Å². The molecule has 0 aliphatic carbocycles. The Morgan fingerprint density at radius 3 is 0.656 bits per heavy atom. The van der Waals surface area contributed by atoms with Crippen LogP contribution in [0.25, 0.3) is 0 Å². The van der Waals surface area contributed by atoms with Crippen LogP contribution < -0.4 is 0 Å². The summed E-state index contributed by atoms with van der Waals surface area (Å²) in [4.78, 5) is 72.5. The normalized spacial score (nSPS) is 14.0. The largest absolute Gasteiger partial charge is 0.472 e. The van der Waals surface area contributed by atoms with Gasteiger partial charge in [-0.05, 0) is 25.7 Å². The zero-order chi connectivity index (χ0) is 66.1. The van der Waals surface area contributed by atoms with Crippen molar-refractivity contribution < 1.29 is 80.2 Å². The van der Waals surface area contributed by atoms with Crippen molar-refractivity contribution in [3.8, 4) is 0 Å². The molecule has 0 aromatic heterocycles. The molecule has 2 unspecified atom stereocenters. The predicted molar refractivity (Wildman–Crippen MR) is 363 cm³/mol. The van der Waals surface area contributed by atoms with Crippen LogP contribution in [0, 0.1) is 0 Å². The van der Waals surface area contributed by atoms with Crippen molar-refractivity contribution in [3.05, 3.63) is 0 Å². The topological polar surface area (TPSA) is 237 Å². The highest BCUT2D eigenvalue weighted by Crippen LogP contribution is 2.45. The van der Waals surface area contributed by atoms with Gasteiger partial charge in [0.1, 0.15) is 19.3 Å². The summed E-state index contributed by atoms with van der Waals surface area (Å²) < 4.78 is 68.3. The summed E-state index contributed by atoms with van der Waals surface area (Å²) in [5.41, 5.74) is 0. The fraction of sp³-hybridized carbons (Fsp3) is 0.944. The average molecular weight is 1330 g/mol. The van der Waals surface area contributed by atoms with Crippen LogP contribution in [0.5, 0.6) is 0 Å². The zero-order valence-corrected chi connectivity index (χ0v) is 59.9. The number of phosphoric ester groups is 2. The Morgan fingerprint density at radius 2 is 0.444 bits per heavy atom. The summed E-state index contributed by atoms with van der Waals surface area (Å²) in [6.45, 7) is 4.93. The molecule has 0 fully saturated rings. The Labute approximate surface area is 549 Å². The van der Waals surface area contributed by atoms with Crippen LogP contribution in [-0.2, 0) is 65.4 Å². The molecule has 0 spiro atoms. The molecule has 19 heteroatoms. The standard InChI is InChI=1S/C71H138O17P2/c1-5-9-13-17-21-24-27-30-32-35-38-41-45-49-53-57-70(75)87-66(61-81-68(73)55-51-47-43-20-16-12-8-4)63-85-89(77,78)83-59-65(72)60-84-90(79,80)86-64-67(62-82-69(74)56-52-48-44-40-37-34-29-26-23-19-15-11-7-3)88-71(76)58-54-50-46-42-39-36-33-31-28-25-22-18-14-10-6-2/h65-67,72H,5-64H2,1-4H3,(H,77,78)(H,79,80)/t65-,66-,67-/m1/s1. The van der Waals surface area contributed by atoms with Gasteiger partial charge in [-0.2, -0.15) is 0 Å². The first-order valence-corrected chi connectivity index (χ1v) is 40.3. The van der Waals surface area contributed by atoms with Crippen molar-refractivity contribution in [2.45, 2.75) is 393 Å². The number of aliphatic hydroxyl groups is 1. The summed E-state index contributed by atoms with van der Waals surface area (Å²) in [6.07, 6.45) is 54.1. The van der Waals surface area contributed by atoms with Crippen LogP contribution in [0.1, 0.15) is 374 Å². The van der Waals surface area contributed by atoms with Gasteiger partial charge in [0.05, 0.1) is 26.4 Å². The molecular weight excluding hydrogens is 1190 g/mol. The van der Waals surface area contributed by atoms with Crippen LogP contribution in [0.2, 0.25) is 0 Å². The number of ether oxygens (including phenoxy) is 4. The molecule has 0 amide bonds. The summed E-state index contributed by atoms with van der Waals surface area (Å²) in [7, 11) is -9.89. The number of carbonyl (C=O) groups excluding carboxylic acids is 4. The summed E-state index contributed by atoms with van der Waals surface area (Å²) >= 11 is 0. The molecule has 0 rings (SSSR count). The fourth-order valence-corrected chi connectivity index (χ4v) is 12.4. The molecule has 0 saturated heterocycles. The number of phosphoric acid groups is 2. The number of rotatable bonds is 72. The van der Waals surface area contributed by atoms with Crippen LogP contribution in [0.15, 0.2) is 0 Å². The lowest BCUT2D eigenvalue weighted by molar-refractivity contribution is -0.161. The minimum atomic E-state index is -4.95. The van der Waals surface area contributed by atoms with E-state index >= 15 is 0 Å². The van der Waals surface area contributed by atoms with Gasteiger partial charge in [0, 0.05) is 25.7 Å². The quantitative estimate of drug-likeness (QED) is 0.0222. The second-order valence-electron chi connectivity index (χ2n) is 25.6. The highest BCUT2D eigenvalue weighted by atomic mass is 31.2. The Balaban J connectivity index is 5.19. The van der Waals surface area contributed by atoms with Crippen LogP contribution >= 0.6 is 15.6 Å². The molecule has 0 heterocycles. The van der Waals surface area contributed by atoms with Crippen molar-refractivity contribution >= 4 is 39.5 Å². The molecule has 17 nitrogen and oxygen atoms in total. The van der Waals surface area contributed by atoms with Gasteiger partial charge in [0.2, 0.25) is 0 Å². The third-order valence-electron chi connectivity index (χ3n) is 16.6. The molecule has 0 aromatic rings. The average Bonchev–Trinajstić information content (AvgIpc) is 3.29. The summed E-state index contributed by atoms with van der Waals surface area (Å²) in [5, 5.41) is 10.6. The maximum atomic E-state index is 13.0. The SMILES string of the molecule is CCCCCCCCCCCCCCCCCC(=O)O[C@H](COC(=O)CCCCCCCCC)COP(=O)(O)OC[C@@H](O)COP(=O)(O)OC[C@@H](COC(=O)CCCCCCCCCCCCCCC)OC(=O)CCCCCCCCCCCCCCCCC. The van der Waals surface area contributed by atoms with E-state index < -0.39 is 97.5 Å². The molecular formula is C71H138O17P2. The number of carbonyl (C=O) groups is 4. The molecule has 0 radical (unpaired) electrons. The molecule has 0 saturated carbocycles. The first kappa shape index (κ1) is 88.1. The molecule has 0 aliphatic heterocycles. The van der Waals surface area contributed by atoms with E-state index in [9.17, 15) is 43.2 Å². The first-order chi connectivity index (χ1) is 43.7. The molecule has 0 aliphatic rings. The van der Waals surface area contributed by atoms with E-state index in [1.54, 1.807) is 0 Å². The van der Waals surface area contributed by atoms with Gasteiger partial charge in [0.15, 0.2) is 12.2 Å². The second kappa shape index (κ2) is 65.7. The number of hydrogen-bond acceptors (Lipinski definition) is 15. The first-order valence-electron chi connectivity index (χ1n) is 37.3. The Morgan fingerprint density at radius 1 is 0.267 bits per heavy atom. The van der Waals surface area contributed by atoms with E-state index in [1.807, 2.05) is 0 Å². The molecule has 5 atom stereocenters. The Hall–Kier alpha value is -1.94. The number of unbranched alkanes of at least 4 members (excludes halogenated alkanes) is 46. The van der Waals surface area contributed by atoms with Crippen LogP contribution in [0.3, 0.4) is 0 Å². The zero-order valence-electron chi connectivity index (χ0n) is 58.1. The lowest BCUT2D eigenvalue weighted by atomic mass is 10.0. The molecule has 534 valence electrons. The molecule has 3 N–H and O–H groups in total. The van der Waals surface area contributed by atoms with E-state index in [2.05, 4.69) is 27.7 Å². The van der Waals surface area contributed by atoms with E-state index in [4.69, 9.17) is 37.0 Å². The van der Waals surface area contributed by atoms with Crippen LogP contribution in [0.4, 0.5) is 0 Å². The van der Waals surface area contributed by atoms with Gasteiger partial charge in [-0.3, -0.25) is 37.3 Å². The molecule has 0 bridgehead atoms.